The van der Waals surface area contributed by atoms with Crippen LogP contribution in [-0.4, -0.2) is 49.9 Å². The lowest BCUT2D eigenvalue weighted by Gasteiger charge is -2.36. The lowest BCUT2D eigenvalue weighted by Crippen LogP contribution is -2.48. The van der Waals surface area contributed by atoms with E-state index >= 15 is 0 Å². The molecule has 1 aliphatic rings. The predicted molar refractivity (Wildman–Crippen MR) is 120 cm³/mol. The topological polar surface area (TPSA) is 43.9 Å². The number of hydrogen-bond acceptors (Lipinski definition) is 3. The third kappa shape index (κ3) is 4.20. The number of amides is 2. The molecule has 3 aromatic carbocycles. The van der Waals surface area contributed by atoms with Gasteiger partial charge >= 0.3 is 0 Å². The maximum absolute atomic E-state index is 13.0. The molecular weight excluding hydrogens is 374 g/mol. The summed E-state index contributed by atoms with van der Waals surface area (Å²) in [5, 5.41) is 0. The van der Waals surface area contributed by atoms with Crippen molar-refractivity contribution in [1.82, 2.24) is 4.90 Å². The van der Waals surface area contributed by atoms with E-state index in [1.54, 1.807) is 36.2 Å². The summed E-state index contributed by atoms with van der Waals surface area (Å²) in [6.45, 7) is 2.92. The van der Waals surface area contributed by atoms with Gasteiger partial charge in [0.05, 0.1) is 0 Å². The van der Waals surface area contributed by atoms with E-state index in [1.165, 1.54) is 5.69 Å². The Morgan fingerprint density at radius 3 is 2.00 bits per heavy atom. The second-order valence-corrected chi connectivity index (χ2v) is 7.40. The van der Waals surface area contributed by atoms with Crippen molar-refractivity contribution >= 4 is 23.2 Å². The number of piperazine rings is 1. The SMILES string of the molecule is CN(C(=O)c1cccc(C(=O)N2CCN(c3ccccc3)CC2)c1)c1ccccc1. The van der Waals surface area contributed by atoms with E-state index in [9.17, 15) is 9.59 Å². The fourth-order valence-electron chi connectivity index (χ4n) is 3.74. The van der Waals surface area contributed by atoms with E-state index in [4.69, 9.17) is 0 Å². The van der Waals surface area contributed by atoms with E-state index in [0.29, 0.717) is 24.2 Å². The van der Waals surface area contributed by atoms with Crippen molar-refractivity contribution in [3.8, 4) is 0 Å². The maximum Gasteiger partial charge on any atom is 0.258 e. The smallest absolute Gasteiger partial charge is 0.258 e. The summed E-state index contributed by atoms with van der Waals surface area (Å²) >= 11 is 0. The van der Waals surface area contributed by atoms with Gasteiger partial charge in [-0.15, -0.1) is 0 Å². The highest BCUT2D eigenvalue weighted by Crippen LogP contribution is 2.19. The normalized spacial score (nSPS) is 13.8. The fourth-order valence-corrected chi connectivity index (χ4v) is 3.74. The highest BCUT2D eigenvalue weighted by atomic mass is 16.2. The second kappa shape index (κ2) is 8.82. The minimum Gasteiger partial charge on any atom is -0.368 e. The Balaban J connectivity index is 1.44. The Bertz CT molecular complexity index is 1010. The zero-order valence-corrected chi connectivity index (χ0v) is 17.1. The van der Waals surface area contributed by atoms with E-state index in [-0.39, 0.29) is 11.8 Å². The molecule has 4 rings (SSSR count). The average Bonchev–Trinajstić information content (AvgIpc) is 2.84. The van der Waals surface area contributed by atoms with Gasteiger partial charge in [0, 0.05) is 55.7 Å². The zero-order chi connectivity index (χ0) is 20.9. The summed E-state index contributed by atoms with van der Waals surface area (Å²) in [4.78, 5) is 31.7. The van der Waals surface area contributed by atoms with Crippen LogP contribution in [0.1, 0.15) is 20.7 Å². The van der Waals surface area contributed by atoms with Crippen LogP contribution < -0.4 is 9.80 Å². The van der Waals surface area contributed by atoms with Crippen molar-refractivity contribution in [1.29, 1.82) is 0 Å². The molecule has 0 radical (unpaired) electrons. The number of carbonyl (C=O) groups is 2. The first-order valence-electron chi connectivity index (χ1n) is 10.2. The van der Waals surface area contributed by atoms with E-state index in [0.717, 1.165) is 18.8 Å². The summed E-state index contributed by atoms with van der Waals surface area (Å²) in [5.74, 6) is -0.163. The highest BCUT2D eigenvalue weighted by molar-refractivity contribution is 6.07. The molecule has 152 valence electrons. The number of para-hydroxylation sites is 2. The average molecular weight is 399 g/mol. The summed E-state index contributed by atoms with van der Waals surface area (Å²) in [6.07, 6.45) is 0. The third-order valence-electron chi connectivity index (χ3n) is 5.49. The van der Waals surface area contributed by atoms with Crippen LogP contribution >= 0.6 is 0 Å². The minimum absolute atomic E-state index is 0.0280. The molecule has 0 saturated carbocycles. The number of nitrogens with zero attached hydrogens (tertiary/aromatic N) is 3. The molecule has 0 N–H and O–H groups in total. The van der Waals surface area contributed by atoms with Gasteiger partial charge in [-0.1, -0.05) is 42.5 Å². The molecule has 1 aliphatic heterocycles. The second-order valence-electron chi connectivity index (χ2n) is 7.40. The number of rotatable bonds is 4. The standard InChI is InChI=1S/C25H25N3O2/c1-26(22-11-4-2-5-12-22)24(29)20-9-8-10-21(19-20)25(30)28-17-15-27(16-18-28)23-13-6-3-7-14-23/h2-14,19H,15-18H2,1H3. The first-order valence-corrected chi connectivity index (χ1v) is 10.2. The molecule has 3 aromatic rings. The third-order valence-corrected chi connectivity index (χ3v) is 5.49. The van der Waals surface area contributed by atoms with Crippen molar-refractivity contribution in [2.24, 2.45) is 0 Å². The van der Waals surface area contributed by atoms with E-state index < -0.39 is 0 Å². The van der Waals surface area contributed by atoms with Crippen molar-refractivity contribution in [3.05, 3.63) is 96.1 Å². The lowest BCUT2D eigenvalue weighted by atomic mass is 10.1. The summed E-state index contributed by atoms with van der Waals surface area (Å²) in [6, 6.07) is 26.8. The van der Waals surface area contributed by atoms with Gasteiger partial charge in [-0.2, -0.15) is 0 Å². The molecule has 5 heteroatoms. The molecule has 0 aromatic heterocycles. The fraction of sp³-hybridized carbons (Fsp3) is 0.200. The molecule has 5 nitrogen and oxygen atoms in total. The van der Waals surface area contributed by atoms with Crippen molar-refractivity contribution in [3.63, 3.8) is 0 Å². The molecular formula is C25H25N3O2. The van der Waals surface area contributed by atoms with Crippen LogP contribution in [0.2, 0.25) is 0 Å². The van der Waals surface area contributed by atoms with Crippen LogP contribution in [0, 0.1) is 0 Å². The number of benzene rings is 3. The molecule has 0 bridgehead atoms. The molecule has 0 spiro atoms. The number of anilines is 2. The number of hydrogen-bond donors (Lipinski definition) is 0. The van der Waals surface area contributed by atoms with Crippen molar-refractivity contribution < 1.29 is 9.59 Å². The Morgan fingerprint density at radius 1 is 0.733 bits per heavy atom. The zero-order valence-electron chi connectivity index (χ0n) is 17.1. The van der Waals surface area contributed by atoms with Gasteiger partial charge in [0.25, 0.3) is 11.8 Å². The number of carbonyl (C=O) groups excluding carboxylic acids is 2. The minimum atomic E-state index is -0.134. The van der Waals surface area contributed by atoms with E-state index in [1.807, 2.05) is 53.4 Å². The maximum atomic E-state index is 13.0. The van der Waals surface area contributed by atoms with Gasteiger partial charge in [0.15, 0.2) is 0 Å². The monoisotopic (exact) mass is 399 g/mol. The van der Waals surface area contributed by atoms with Gasteiger partial charge in [-0.25, -0.2) is 0 Å². The molecule has 2 amide bonds. The Morgan fingerprint density at radius 2 is 1.33 bits per heavy atom. The Labute approximate surface area is 177 Å². The van der Waals surface area contributed by atoms with Crippen molar-refractivity contribution in [2.45, 2.75) is 0 Å². The molecule has 0 aliphatic carbocycles. The molecule has 30 heavy (non-hydrogen) atoms. The molecule has 1 saturated heterocycles. The lowest BCUT2D eigenvalue weighted by molar-refractivity contribution is 0.0747. The summed E-state index contributed by atoms with van der Waals surface area (Å²) < 4.78 is 0. The van der Waals surface area contributed by atoms with Gasteiger partial charge < -0.3 is 14.7 Å². The van der Waals surface area contributed by atoms with Crippen LogP contribution in [0.5, 0.6) is 0 Å². The Hall–Kier alpha value is -3.60. The van der Waals surface area contributed by atoms with Gasteiger partial charge in [0.1, 0.15) is 0 Å². The van der Waals surface area contributed by atoms with Crippen LogP contribution in [0.3, 0.4) is 0 Å². The quantitative estimate of drug-likeness (QED) is 0.668. The van der Waals surface area contributed by atoms with Gasteiger partial charge in [-0.05, 0) is 42.5 Å². The molecule has 0 atom stereocenters. The van der Waals surface area contributed by atoms with Gasteiger partial charge in [-0.3, -0.25) is 9.59 Å². The summed E-state index contributed by atoms with van der Waals surface area (Å²) in [7, 11) is 1.75. The van der Waals surface area contributed by atoms with Gasteiger partial charge in [0.2, 0.25) is 0 Å². The van der Waals surface area contributed by atoms with Crippen LogP contribution in [0.4, 0.5) is 11.4 Å². The molecule has 0 unspecified atom stereocenters. The Kier molecular flexibility index (Phi) is 5.80. The largest absolute Gasteiger partial charge is 0.368 e. The molecule has 1 heterocycles. The first-order chi connectivity index (χ1) is 14.6. The van der Waals surface area contributed by atoms with Crippen molar-refractivity contribution in [2.75, 3.05) is 43.0 Å². The summed E-state index contributed by atoms with van der Waals surface area (Å²) in [5.41, 5.74) is 3.06. The first kappa shape index (κ1) is 19.7. The predicted octanol–water partition coefficient (Wildman–Crippen LogP) is 3.93. The van der Waals surface area contributed by atoms with Crippen LogP contribution in [0.15, 0.2) is 84.9 Å². The molecule has 1 fully saturated rings. The van der Waals surface area contributed by atoms with Crippen LogP contribution in [0.25, 0.3) is 0 Å². The van der Waals surface area contributed by atoms with E-state index in [2.05, 4.69) is 17.0 Å². The van der Waals surface area contributed by atoms with Crippen LogP contribution in [-0.2, 0) is 0 Å². The highest BCUT2D eigenvalue weighted by Gasteiger charge is 2.23.